The van der Waals surface area contributed by atoms with E-state index in [-0.39, 0.29) is 4.90 Å². The summed E-state index contributed by atoms with van der Waals surface area (Å²) in [6, 6.07) is 16.4. The first-order chi connectivity index (χ1) is 12.0. The van der Waals surface area contributed by atoms with Crippen LogP contribution in [0, 0.1) is 0 Å². The van der Waals surface area contributed by atoms with Crippen LogP contribution < -0.4 is 5.32 Å². The van der Waals surface area contributed by atoms with Crippen LogP contribution in [-0.4, -0.2) is 20.4 Å². The minimum absolute atomic E-state index is 0.191. The average Bonchev–Trinajstić information content (AvgIpc) is 2.61. The highest BCUT2D eigenvalue weighted by Gasteiger charge is 2.28. The minimum atomic E-state index is -3.68. The summed E-state index contributed by atoms with van der Waals surface area (Å²) in [4.78, 5) is 4.38. The number of nitrogens with one attached hydrogen (secondary N) is 1. The van der Waals surface area contributed by atoms with Gasteiger partial charge in [0.25, 0.3) is 0 Å². The van der Waals surface area contributed by atoms with Gasteiger partial charge in [-0.05, 0) is 44.4 Å². The first kappa shape index (κ1) is 17.6. The van der Waals surface area contributed by atoms with Crippen molar-refractivity contribution in [3.05, 3.63) is 77.4 Å². The van der Waals surface area contributed by atoms with Gasteiger partial charge in [-0.3, -0.25) is 0 Å². The van der Waals surface area contributed by atoms with Crippen LogP contribution in [0.1, 0.15) is 10.8 Å². The van der Waals surface area contributed by atoms with Crippen molar-refractivity contribution in [1.29, 1.82) is 0 Å². The second-order valence-corrected chi connectivity index (χ2v) is 8.41. The summed E-state index contributed by atoms with van der Waals surface area (Å²) in [5.74, 6) is 0.480. The van der Waals surface area contributed by atoms with Gasteiger partial charge in [0.1, 0.15) is 15.7 Å². The smallest absolute Gasteiger partial charge is 0.189 e. The molecular weight excluding hydrogens is 400 g/mol. The summed E-state index contributed by atoms with van der Waals surface area (Å²) in [6.07, 6.45) is 1.48. The Morgan fingerprint density at radius 3 is 2.60 bits per heavy atom. The minimum Gasteiger partial charge on any atom is -0.373 e. The summed E-state index contributed by atoms with van der Waals surface area (Å²) in [7, 11) is -1.98. The van der Waals surface area contributed by atoms with E-state index < -0.39 is 15.1 Å². The van der Waals surface area contributed by atoms with Crippen LogP contribution >= 0.6 is 15.9 Å². The zero-order chi connectivity index (χ0) is 18.0. The monoisotopic (exact) mass is 416 g/mol. The van der Waals surface area contributed by atoms with Gasteiger partial charge < -0.3 is 5.32 Å². The van der Waals surface area contributed by atoms with Crippen molar-refractivity contribution < 1.29 is 8.42 Å². The predicted octanol–water partition coefficient (Wildman–Crippen LogP) is 4.74. The Balaban J connectivity index is 2.20. The highest BCUT2D eigenvalue weighted by Crippen LogP contribution is 2.35. The van der Waals surface area contributed by atoms with Gasteiger partial charge in [-0.2, -0.15) is 0 Å². The second-order valence-electron chi connectivity index (χ2n) is 5.53. The predicted molar refractivity (Wildman–Crippen MR) is 106 cm³/mol. The first-order valence-electron chi connectivity index (χ1n) is 7.67. The van der Waals surface area contributed by atoms with E-state index >= 15 is 0 Å². The summed E-state index contributed by atoms with van der Waals surface area (Å²) >= 11 is 3.27. The third kappa shape index (κ3) is 3.32. The summed E-state index contributed by atoms with van der Waals surface area (Å²) in [5.41, 5.74) is 0.715. The Hall–Kier alpha value is -2.18. The van der Waals surface area contributed by atoms with Gasteiger partial charge in [0, 0.05) is 7.05 Å². The number of hydrogen-bond donors (Lipinski definition) is 1. The topological polar surface area (TPSA) is 59.1 Å². The van der Waals surface area contributed by atoms with E-state index in [9.17, 15) is 8.42 Å². The van der Waals surface area contributed by atoms with Gasteiger partial charge in [-0.15, -0.1) is 6.58 Å². The quantitative estimate of drug-likeness (QED) is 0.481. The van der Waals surface area contributed by atoms with Crippen molar-refractivity contribution in [2.24, 2.45) is 0 Å². The van der Waals surface area contributed by atoms with Gasteiger partial charge in [0.15, 0.2) is 9.84 Å². The molecule has 0 fully saturated rings. The Bertz CT molecular complexity index is 1040. The molecule has 0 amide bonds. The van der Waals surface area contributed by atoms with Crippen molar-refractivity contribution in [2.75, 3.05) is 12.4 Å². The van der Waals surface area contributed by atoms with E-state index in [1.165, 1.54) is 18.2 Å². The van der Waals surface area contributed by atoms with Crippen LogP contribution in [0.4, 0.5) is 5.82 Å². The maximum Gasteiger partial charge on any atom is 0.189 e. The Kier molecular flexibility index (Phi) is 4.92. The number of rotatable bonds is 5. The molecule has 0 spiro atoms. The fourth-order valence-electron chi connectivity index (χ4n) is 2.83. The van der Waals surface area contributed by atoms with Crippen LogP contribution in [0.2, 0.25) is 0 Å². The number of sulfone groups is 1. The second kappa shape index (κ2) is 6.98. The molecule has 1 heterocycles. The fourth-order valence-corrected chi connectivity index (χ4v) is 5.06. The van der Waals surface area contributed by atoms with Crippen molar-refractivity contribution in [1.82, 2.24) is 4.98 Å². The molecule has 1 atom stereocenters. The van der Waals surface area contributed by atoms with Crippen molar-refractivity contribution in [2.45, 2.75) is 10.1 Å². The Morgan fingerprint density at radius 2 is 1.88 bits per heavy atom. The van der Waals surface area contributed by atoms with Gasteiger partial charge in [-0.25, -0.2) is 13.4 Å². The highest BCUT2D eigenvalue weighted by molar-refractivity contribution is 9.10. The van der Waals surface area contributed by atoms with Gasteiger partial charge in [0.2, 0.25) is 0 Å². The molecule has 25 heavy (non-hydrogen) atoms. The van der Waals surface area contributed by atoms with Crippen LogP contribution in [0.5, 0.6) is 0 Å². The largest absolute Gasteiger partial charge is 0.373 e. The molecule has 0 aliphatic carbocycles. The number of aromatic nitrogens is 1. The number of hydrogen-bond acceptors (Lipinski definition) is 4. The number of anilines is 1. The molecule has 1 aromatic heterocycles. The molecule has 0 saturated heterocycles. The molecule has 0 aliphatic heterocycles. The standard InChI is InChI=1S/C19H17BrN2O2S/c1-3-17(16-10-6-8-13-7-4-5-9-15(13)16)25(23,24)14-11-18(20)22-19(12-14)21-2/h3-12,17H,1H2,2H3,(H,21,22). The summed E-state index contributed by atoms with van der Waals surface area (Å²) in [5, 5.41) is 3.92. The van der Waals surface area contributed by atoms with Gasteiger partial charge in [0.05, 0.1) is 4.90 Å². The Morgan fingerprint density at radius 1 is 1.16 bits per heavy atom. The van der Waals surface area contributed by atoms with E-state index in [1.807, 2.05) is 42.5 Å². The lowest BCUT2D eigenvalue weighted by Gasteiger charge is -2.17. The molecule has 1 N–H and O–H groups in total. The molecule has 0 aliphatic rings. The van der Waals surface area contributed by atoms with E-state index in [4.69, 9.17) is 0 Å². The number of nitrogens with zero attached hydrogens (tertiary/aromatic N) is 1. The molecule has 6 heteroatoms. The molecule has 4 nitrogen and oxygen atoms in total. The molecule has 3 aromatic rings. The molecular formula is C19H17BrN2O2S. The zero-order valence-electron chi connectivity index (χ0n) is 13.6. The molecule has 0 radical (unpaired) electrons. The molecule has 3 rings (SSSR count). The molecule has 2 aromatic carbocycles. The molecule has 0 bridgehead atoms. The Labute approximate surface area is 155 Å². The third-order valence-electron chi connectivity index (χ3n) is 4.03. The van der Waals surface area contributed by atoms with E-state index in [2.05, 4.69) is 32.8 Å². The van der Waals surface area contributed by atoms with E-state index in [0.29, 0.717) is 16.0 Å². The van der Waals surface area contributed by atoms with E-state index in [1.54, 1.807) is 7.05 Å². The van der Waals surface area contributed by atoms with Crippen LogP contribution in [0.3, 0.4) is 0 Å². The number of fused-ring (bicyclic) bond motifs is 1. The molecule has 128 valence electrons. The van der Waals surface area contributed by atoms with Crippen molar-refractivity contribution in [3.63, 3.8) is 0 Å². The van der Waals surface area contributed by atoms with Crippen LogP contribution in [0.25, 0.3) is 10.8 Å². The fraction of sp³-hybridized carbons (Fsp3) is 0.105. The van der Waals surface area contributed by atoms with Crippen molar-refractivity contribution in [3.8, 4) is 0 Å². The van der Waals surface area contributed by atoms with Crippen LogP contribution in [-0.2, 0) is 9.84 Å². The molecule has 0 saturated carbocycles. The van der Waals surface area contributed by atoms with Crippen molar-refractivity contribution >= 4 is 42.4 Å². The van der Waals surface area contributed by atoms with Gasteiger partial charge >= 0.3 is 0 Å². The maximum atomic E-state index is 13.3. The number of halogens is 1. The third-order valence-corrected chi connectivity index (χ3v) is 6.44. The first-order valence-corrected chi connectivity index (χ1v) is 10.0. The lowest BCUT2D eigenvalue weighted by atomic mass is 10.0. The van der Waals surface area contributed by atoms with Gasteiger partial charge in [-0.1, -0.05) is 48.5 Å². The lowest BCUT2D eigenvalue weighted by molar-refractivity contribution is 0.590. The lowest BCUT2D eigenvalue weighted by Crippen LogP contribution is -2.13. The normalized spacial score (nSPS) is 12.7. The number of benzene rings is 2. The van der Waals surface area contributed by atoms with Crippen LogP contribution in [0.15, 0.2) is 76.8 Å². The number of pyridine rings is 1. The summed E-state index contributed by atoms with van der Waals surface area (Å²) < 4.78 is 27.0. The maximum absolute atomic E-state index is 13.3. The molecule has 1 unspecified atom stereocenters. The average molecular weight is 417 g/mol. The summed E-state index contributed by atoms with van der Waals surface area (Å²) in [6.45, 7) is 3.78. The van der Waals surface area contributed by atoms with E-state index in [0.717, 1.165) is 10.8 Å². The highest BCUT2D eigenvalue weighted by atomic mass is 79.9. The SMILES string of the molecule is C=CC(c1cccc2ccccc12)S(=O)(=O)c1cc(Br)nc(NC)c1. The zero-order valence-corrected chi connectivity index (χ0v) is 16.0.